The molecule has 116 valence electrons. The molecule has 5 nitrogen and oxygen atoms in total. The highest BCUT2D eigenvalue weighted by Crippen LogP contribution is 2.16. The van der Waals surface area contributed by atoms with E-state index in [1.807, 2.05) is 24.3 Å². The predicted octanol–water partition coefficient (Wildman–Crippen LogP) is 2.82. The zero-order chi connectivity index (χ0) is 15.8. The number of benzene rings is 2. The molecule has 2 rings (SSSR count). The lowest BCUT2D eigenvalue weighted by Crippen LogP contribution is -2.30. The van der Waals surface area contributed by atoms with Crippen LogP contribution in [0, 0.1) is 0 Å². The van der Waals surface area contributed by atoms with Gasteiger partial charge in [0.1, 0.15) is 5.75 Å². The number of nitrogens with two attached hydrogens (primary N) is 1. The van der Waals surface area contributed by atoms with Gasteiger partial charge in [0, 0.05) is 17.3 Å². The fourth-order valence-corrected chi connectivity index (χ4v) is 2.06. The first-order valence-corrected chi connectivity index (χ1v) is 7.30. The maximum atomic E-state index is 11.6. The van der Waals surface area contributed by atoms with Crippen molar-refractivity contribution in [1.82, 2.24) is 5.43 Å². The fraction of sp³-hybridized carbons (Fsp3) is 0.188. The number of nitrogen functional groups attached to an aromatic ring is 1. The van der Waals surface area contributed by atoms with Crippen LogP contribution in [0.4, 0.5) is 5.69 Å². The summed E-state index contributed by atoms with van der Waals surface area (Å²) in [5.74, 6) is 5.63. The highest BCUT2D eigenvalue weighted by Gasteiger charge is 2.08. The molecule has 1 amide bonds. The maximum Gasteiger partial charge on any atom is 0.267 e. The molecule has 2 aromatic carbocycles. The summed E-state index contributed by atoms with van der Waals surface area (Å²) in [6.07, 6.45) is 0.793. The van der Waals surface area contributed by atoms with Crippen LogP contribution in [0.3, 0.4) is 0 Å². The van der Waals surface area contributed by atoms with Gasteiger partial charge in [-0.05, 0) is 42.8 Å². The monoisotopic (exact) mass is 319 g/mol. The number of amides is 1. The zero-order valence-electron chi connectivity index (χ0n) is 12.0. The fourth-order valence-electron chi connectivity index (χ4n) is 1.93. The van der Waals surface area contributed by atoms with Crippen molar-refractivity contribution in [2.45, 2.75) is 6.42 Å². The van der Waals surface area contributed by atoms with Gasteiger partial charge in [-0.2, -0.15) is 0 Å². The van der Waals surface area contributed by atoms with Crippen LogP contribution < -0.4 is 21.3 Å². The summed E-state index contributed by atoms with van der Waals surface area (Å²) in [5, 5.41) is 3.89. The number of halogens is 1. The number of hydrogen-bond acceptors (Lipinski definition) is 4. The molecule has 0 unspecified atom stereocenters. The molecule has 2 aromatic rings. The number of nitrogens with one attached hydrogen (secondary N) is 2. The Hall–Kier alpha value is -2.24. The third-order valence-electron chi connectivity index (χ3n) is 3.02. The number of hydrazine groups is 1. The average molecular weight is 320 g/mol. The van der Waals surface area contributed by atoms with Gasteiger partial charge in [-0.25, -0.2) is 5.84 Å². The van der Waals surface area contributed by atoms with E-state index < -0.39 is 0 Å². The molecule has 0 heterocycles. The minimum absolute atomic E-state index is 0.319. The van der Waals surface area contributed by atoms with Gasteiger partial charge in [0.15, 0.2) is 0 Å². The molecule has 22 heavy (non-hydrogen) atoms. The quantitative estimate of drug-likeness (QED) is 0.317. The summed E-state index contributed by atoms with van der Waals surface area (Å²) in [7, 11) is 0. The Morgan fingerprint density at radius 1 is 1.14 bits per heavy atom. The van der Waals surface area contributed by atoms with Gasteiger partial charge in [0.05, 0.1) is 12.2 Å². The van der Waals surface area contributed by atoms with Gasteiger partial charge in [0.25, 0.3) is 5.91 Å². The summed E-state index contributed by atoms with van der Waals surface area (Å²) in [6.45, 7) is 1.25. The van der Waals surface area contributed by atoms with Crippen LogP contribution in [0.25, 0.3) is 0 Å². The largest absolute Gasteiger partial charge is 0.494 e. The van der Waals surface area contributed by atoms with E-state index in [0.29, 0.717) is 23.7 Å². The highest BCUT2D eigenvalue weighted by molar-refractivity contribution is 6.30. The van der Waals surface area contributed by atoms with E-state index in [-0.39, 0.29) is 5.91 Å². The molecule has 0 saturated heterocycles. The summed E-state index contributed by atoms with van der Waals surface area (Å²) in [5.41, 5.74) is 3.40. The Kier molecular flexibility index (Phi) is 6.06. The molecule has 6 heteroatoms. The number of carbonyl (C=O) groups excluding carboxylic acids is 1. The second-order valence-electron chi connectivity index (χ2n) is 4.60. The third kappa shape index (κ3) is 4.65. The zero-order valence-corrected chi connectivity index (χ0v) is 12.8. The third-order valence-corrected chi connectivity index (χ3v) is 3.27. The molecular weight excluding hydrogens is 302 g/mol. The van der Waals surface area contributed by atoms with Crippen LogP contribution >= 0.6 is 11.6 Å². The summed E-state index contributed by atoms with van der Waals surface area (Å²) < 4.78 is 5.60. The van der Waals surface area contributed by atoms with Crippen LogP contribution in [-0.2, 0) is 0 Å². The van der Waals surface area contributed by atoms with Gasteiger partial charge in [0.2, 0.25) is 0 Å². The predicted molar refractivity (Wildman–Crippen MR) is 88.1 cm³/mol. The van der Waals surface area contributed by atoms with E-state index in [1.165, 1.54) is 0 Å². The Balaban J connectivity index is 1.77. The number of ether oxygens (including phenoxy) is 1. The lowest BCUT2D eigenvalue weighted by molar-refractivity contribution is 0.0954. The molecule has 0 saturated carbocycles. The van der Waals surface area contributed by atoms with Crippen LogP contribution in [0.15, 0.2) is 48.5 Å². The van der Waals surface area contributed by atoms with Crippen LogP contribution in [0.1, 0.15) is 16.8 Å². The van der Waals surface area contributed by atoms with E-state index in [1.54, 1.807) is 24.3 Å². The van der Waals surface area contributed by atoms with E-state index >= 15 is 0 Å². The van der Waals surface area contributed by atoms with Gasteiger partial charge < -0.3 is 10.1 Å². The van der Waals surface area contributed by atoms with Crippen LogP contribution in [-0.4, -0.2) is 19.1 Å². The first-order chi connectivity index (χ1) is 10.7. The molecule has 0 aliphatic carbocycles. The van der Waals surface area contributed by atoms with Crippen molar-refractivity contribution in [2.75, 3.05) is 18.5 Å². The second-order valence-corrected chi connectivity index (χ2v) is 5.04. The molecule has 0 bridgehead atoms. The summed E-state index contributed by atoms with van der Waals surface area (Å²) in [4.78, 5) is 11.6. The van der Waals surface area contributed by atoms with Gasteiger partial charge in [-0.3, -0.25) is 10.2 Å². The van der Waals surface area contributed by atoms with Gasteiger partial charge in [-0.1, -0.05) is 23.7 Å². The molecule has 0 aliphatic heterocycles. The molecular formula is C16H18ClN3O2. The van der Waals surface area contributed by atoms with E-state index in [2.05, 4.69) is 10.7 Å². The van der Waals surface area contributed by atoms with Crippen molar-refractivity contribution in [3.63, 3.8) is 0 Å². The van der Waals surface area contributed by atoms with Crippen molar-refractivity contribution < 1.29 is 9.53 Å². The number of anilines is 1. The molecule has 0 atom stereocenters. The topological polar surface area (TPSA) is 76.4 Å². The van der Waals surface area contributed by atoms with Crippen molar-refractivity contribution in [1.29, 1.82) is 0 Å². The van der Waals surface area contributed by atoms with E-state index in [4.69, 9.17) is 22.2 Å². The number of rotatable bonds is 7. The lowest BCUT2D eigenvalue weighted by atomic mass is 10.1. The number of carbonyl (C=O) groups is 1. The lowest BCUT2D eigenvalue weighted by Gasteiger charge is -2.11. The summed E-state index contributed by atoms with van der Waals surface area (Å²) in [6, 6.07) is 14.4. The number of para-hydroxylation sites is 1. The van der Waals surface area contributed by atoms with Crippen molar-refractivity contribution in [3.05, 3.63) is 59.1 Å². The second kappa shape index (κ2) is 8.26. The molecule has 4 N–H and O–H groups in total. The van der Waals surface area contributed by atoms with Gasteiger partial charge in [-0.15, -0.1) is 0 Å². The first kappa shape index (κ1) is 16.1. The molecule has 0 aromatic heterocycles. The maximum absolute atomic E-state index is 11.6. The summed E-state index contributed by atoms with van der Waals surface area (Å²) >= 11 is 5.81. The smallest absolute Gasteiger partial charge is 0.267 e. The Morgan fingerprint density at radius 3 is 2.59 bits per heavy atom. The van der Waals surface area contributed by atoms with E-state index in [9.17, 15) is 4.79 Å². The minimum atomic E-state index is -0.319. The van der Waals surface area contributed by atoms with Crippen molar-refractivity contribution in [2.24, 2.45) is 5.84 Å². The Morgan fingerprint density at radius 2 is 1.86 bits per heavy atom. The van der Waals surface area contributed by atoms with E-state index in [0.717, 1.165) is 17.9 Å². The standard InChI is InChI=1S/C16H18ClN3O2/c17-12-6-8-13(9-7-12)22-11-3-10-19-15-5-2-1-4-14(15)16(21)20-18/h1-2,4-9,19H,3,10-11,18H2,(H,20,21). The number of hydrogen-bond donors (Lipinski definition) is 3. The van der Waals surface area contributed by atoms with Crippen LogP contribution in [0.2, 0.25) is 5.02 Å². The average Bonchev–Trinajstić information content (AvgIpc) is 2.56. The Labute approximate surface area is 134 Å². The van der Waals surface area contributed by atoms with Crippen molar-refractivity contribution >= 4 is 23.2 Å². The van der Waals surface area contributed by atoms with Crippen LogP contribution in [0.5, 0.6) is 5.75 Å². The highest BCUT2D eigenvalue weighted by atomic mass is 35.5. The van der Waals surface area contributed by atoms with Gasteiger partial charge >= 0.3 is 0 Å². The molecule has 0 spiro atoms. The molecule has 0 radical (unpaired) electrons. The minimum Gasteiger partial charge on any atom is -0.494 e. The SMILES string of the molecule is NNC(=O)c1ccccc1NCCCOc1ccc(Cl)cc1. The normalized spacial score (nSPS) is 10.1. The Bertz CT molecular complexity index is 617. The first-order valence-electron chi connectivity index (χ1n) is 6.93. The molecule has 0 fully saturated rings. The molecule has 0 aliphatic rings. The van der Waals surface area contributed by atoms with Crippen molar-refractivity contribution in [3.8, 4) is 5.75 Å².